The lowest BCUT2D eigenvalue weighted by molar-refractivity contribution is 0.508. The monoisotopic (exact) mass is 196 g/mol. The van der Waals surface area contributed by atoms with Crippen LogP contribution < -0.4 is 0 Å². The molecule has 0 N–H and O–H groups in total. The van der Waals surface area contributed by atoms with Crippen LogP contribution in [-0.4, -0.2) is 0 Å². The zero-order chi connectivity index (χ0) is 11.0. The van der Waals surface area contributed by atoms with Crippen LogP contribution in [0.5, 0.6) is 0 Å². The van der Waals surface area contributed by atoms with Crippen molar-refractivity contribution >= 4 is 0 Å². The van der Waals surface area contributed by atoms with Crippen molar-refractivity contribution in [1.29, 1.82) is 0 Å². The molecule has 0 aliphatic rings. The highest BCUT2D eigenvalue weighted by atomic mass is 14.1. The molecule has 84 valence electrons. The van der Waals surface area contributed by atoms with Gasteiger partial charge in [0.25, 0.3) is 0 Å². The van der Waals surface area contributed by atoms with Crippen molar-refractivity contribution in [1.82, 2.24) is 0 Å². The van der Waals surface area contributed by atoms with Gasteiger partial charge in [0.2, 0.25) is 0 Å². The van der Waals surface area contributed by atoms with Gasteiger partial charge in [-0.1, -0.05) is 58.6 Å². The van der Waals surface area contributed by atoms with Gasteiger partial charge < -0.3 is 0 Å². The standard InChI is InChI=1S/C14H28/c1-6-8-9-12(3)10-11-14(5)13(4)7-2/h11-13H,6-10H2,1-5H3. The minimum absolute atomic E-state index is 0.772. The van der Waals surface area contributed by atoms with Gasteiger partial charge in [0.1, 0.15) is 0 Å². The fourth-order valence-corrected chi connectivity index (χ4v) is 1.58. The molecule has 0 radical (unpaired) electrons. The SMILES string of the molecule is CCCCC(C)CC=C(C)C(C)CC. The van der Waals surface area contributed by atoms with E-state index in [0.29, 0.717) is 0 Å². The number of rotatable bonds is 7. The van der Waals surface area contributed by atoms with Crippen LogP contribution in [-0.2, 0) is 0 Å². The molecular weight excluding hydrogens is 168 g/mol. The third kappa shape index (κ3) is 6.23. The largest absolute Gasteiger partial charge is 0.0851 e. The fraction of sp³-hybridized carbons (Fsp3) is 0.857. The van der Waals surface area contributed by atoms with E-state index in [2.05, 4.69) is 40.7 Å². The van der Waals surface area contributed by atoms with Crippen LogP contribution in [0.2, 0.25) is 0 Å². The van der Waals surface area contributed by atoms with Crippen LogP contribution in [0.4, 0.5) is 0 Å². The molecular formula is C14H28. The van der Waals surface area contributed by atoms with Crippen LogP contribution in [0.25, 0.3) is 0 Å². The molecule has 0 nitrogen and oxygen atoms in total. The van der Waals surface area contributed by atoms with Crippen molar-refractivity contribution in [3.63, 3.8) is 0 Å². The Labute approximate surface area is 90.8 Å². The lowest BCUT2D eigenvalue weighted by Gasteiger charge is -2.12. The van der Waals surface area contributed by atoms with Gasteiger partial charge in [-0.3, -0.25) is 0 Å². The van der Waals surface area contributed by atoms with Crippen molar-refractivity contribution in [2.24, 2.45) is 11.8 Å². The molecule has 14 heavy (non-hydrogen) atoms. The molecule has 0 saturated carbocycles. The van der Waals surface area contributed by atoms with Crippen molar-refractivity contribution in [2.75, 3.05) is 0 Å². The van der Waals surface area contributed by atoms with Crippen molar-refractivity contribution < 1.29 is 0 Å². The first kappa shape index (κ1) is 13.7. The van der Waals surface area contributed by atoms with Crippen LogP contribution >= 0.6 is 0 Å². The van der Waals surface area contributed by atoms with E-state index < -0.39 is 0 Å². The van der Waals surface area contributed by atoms with E-state index in [9.17, 15) is 0 Å². The van der Waals surface area contributed by atoms with E-state index in [0.717, 1.165) is 11.8 Å². The topological polar surface area (TPSA) is 0 Å². The maximum Gasteiger partial charge on any atom is -0.0237 e. The zero-order valence-electron chi connectivity index (χ0n) is 10.8. The minimum atomic E-state index is 0.772. The maximum atomic E-state index is 2.45. The summed E-state index contributed by atoms with van der Waals surface area (Å²) >= 11 is 0. The Balaban J connectivity index is 3.77. The molecule has 0 spiro atoms. The summed E-state index contributed by atoms with van der Waals surface area (Å²) in [6.45, 7) is 11.5. The molecule has 0 rings (SSSR count). The Morgan fingerprint density at radius 2 is 1.86 bits per heavy atom. The summed E-state index contributed by atoms with van der Waals surface area (Å²) in [7, 11) is 0. The van der Waals surface area contributed by atoms with E-state index in [1.54, 1.807) is 5.57 Å². The quantitative estimate of drug-likeness (QED) is 0.491. The first-order valence-corrected chi connectivity index (χ1v) is 6.28. The second-order valence-electron chi connectivity index (χ2n) is 4.74. The summed E-state index contributed by atoms with van der Waals surface area (Å²) in [6.07, 6.45) is 9.10. The molecule has 2 unspecified atom stereocenters. The highest BCUT2D eigenvalue weighted by Gasteiger charge is 2.02. The summed E-state index contributed by atoms with van der Waals surface area (Å²) in [6, 6.07) is 0. The first-order chi connectivity index (χ1) is 6.61. The van der Waals surface area contributed by atoms with Crippen molar-refractivity contribution in [3.05, 3.63) is 11.6 Å². The van der Waals surface area contributed by atoms with Gasteiger partial charge in [0.05, 0.1) is 0 Å². The smallest absolute Gasteiger partial charge is 0.0237 e. The predicted molar refractivity (Wildman–Crippen MR) is 66.5 cm³/mol. The molecule has 0 fully saturated rings. The Bertz CT molecular complexity index is 155. The minimum Gasteiger partial charge on any atom is -0.0851 e. The summed E-state index contributed by atoms with van der Waals surface area (Å²) < 4.78 is 0. The van der Waals surface area contributed by atoms with Gasteiger partial charge in [-0.25, -0.2) is 0 Å². The second kappa shape index (κ2) is 8.08. The average molecular weight is 196 g/mol. The Morgan fingerprint density at radius 1 is 1.21 bits per heavy atom. The van der Waals surface area contributed by atoms with Gasteiger partial charge in [-0.15, -0.1) is 0 Å². The summed E-state index contributed by atoms with van der Waals surface area (Å²) in [5.41, 5.74) is 1.58. The van der Waals surface area contributed by atoms with E-state index in [1.165, 1.54) is 32.1 Å². The van der Waals surface area contributed by atoms with Gasteiger partial charge in [-0.2, -0.15) is 0 Å². The molecule has 0 aromatic carbocycles. The molecule has 0 aromatic rings. The molecule has 2 atom stereocenters. The summed E-state index contributed by atoms with van der Waals surface area (Å²) in [4.78, 5) is 0. The first-order valence-electron chi connectivity index (χ1n) is 6.28. The van der Waals surface area contributed by atoms with Crippen LogP contribution in [0.1, 0.15) is 66.7 Å². The third-order valence-corrected chi connectivity index (χ3v) is 3.28. The molecule has 0 aromatic heterocycles. The highest BCUT2D eigenvalue weighted by molar-refractivity contribution is 5.02. The predicted octanol–water partition coefficient (Wildman–Crippen LogP) is 5.20. The normalized spacial score (nSPS) is 16.8. The molecule has 0 aliphatic heterocycles. The number of hydrogen-bond donors (Lipinski definition) is 0. The summed E-state index contributed by atoms with van der Waals surface area (Å²) in [5.74, 6) is 1.64. The van der Waals surface area contributed by atoms with E-state index in [1.807, 2.05) is 0 Å². The van der Waals surface area contributed by atoms with Gasteiger partial charge in [0.15, 0.2) is 0 Å². The van der Waals surface area contributed by atoms with E-state index in [-0.39, 0.29) is 0 Å². The van der Waals surface area contributed by atoms with Gasteiger partial charge >= 0.3 is 0 Å². The zero-order valence-corrected chi connectivity index (χ0v) is 10.8. The maximum absolute atomic E-state index is 2.45. The van der Waals surface area contributed by atoms with Crippen molar-refractivity contribution in [3.8, 4) is 0 Å². The van der Waals surface area contributed by atoms with Crippen LogP contribution in [0.3, 0.4) is 0 Å². The van der Waals surface area contributed by atoms with E-state index in [4.69, 9.17) is 0 Å². The molecule has 0 bridgehead atoms. The van der Waals surface area contributed by atoms with Crippen molar-refractivity contribution in [2.45, 2.75) is 66.7 Å². The average Bonchev–Trinajstić information content (AvgIpc) is 2.21. The number of allylic oxidation sites excluding steroid dienone is 2. The van der Waals surface area contributed by atoms with E-state index >= 15 is 0 Å². The third-order valence-electron chi connectivity index (χ3n) is 3.28. The molecule has 0 heterocycles. The Morgan fingerprint density at radius 3 is 2.36 bits per heavy atom. The van der Waals surface area contributed by atoms with Gasteiger partial charge in [0, 0.05) is 0 Å². The van der Waals surface area contributed by atoms with Crippen LogP contribution in [0, 0.1) is 11.8 Å². The summed E-state index contributed by atoms with van der Waals surface area (Å²) in [5, 5.41) is 0. The Kier molecular flexibility index (Phi) is 7.93. The fourth-order valence-electron chi connectivity index (χ4n) is 1.58. The molecule has 0 saturated heterocycles. The lowest BCUT2D eigenvalue weighted by Crippen LogP contribution is -1.97. The molecule has 0 heteroatoms. The van der Waals surface area contributed by atoms with Crippen LogP contribution in [0.15, 0.2) is 11.6 Å². The second-order valence-corrected chi connectivity index (χ2v) is 4.74. The number of unbranched alkanes of at least 4 members (excludes halogenated alkanes) is 1. The van der Waals surface area contributed by atoms with Gasteiger partial charge in [-0.05, 0) is 31.6 Å². The highest BCUT2D eigenvalue weighted by Crippen LogP contribution is 2.18. The lowest BCUT2D eigenvalue weighted by atomic mass is 9.95. The number of hydrogen-bond acceptors (Lipinski definition) is 0. The molecule has 0 aliphatic carbocycles. The molecule has 0 amide bonds. The Hall–Kier alpha value is -0.260.